The number of carboxylic acids is 1. The van der Waals surface area contributed by atoms with Gasteiger partial charge in [-0.3, -0.25) is 0 Å². The van der Waals surface area contributed by atoms with Gasteiger partial charge < -0.3 is 23.8 Å². The van der Waals surface area contributed by atoms with Crippen molar-refractivity contribution in [1.29, 1.82) is 5.26 Å². The molecule has 1 aromatic heterocycles. The molecule has 1 aromatic carbocycles. The average Bonchev–Trinajstić information content (AvgIpc) is 2.97. The summed E-state index contributed by atoms with van der Waals surface area (Å²) in [4.78, 5) is 11.2. The van der Waals surface area contributed by atoms with Crippen LogP contribution in [-0.2, 0) is 4.79 Å². The number of aliphatic carboxylic acids is 1. The minimum atomic E-state index is -1.38. The molecule has 0 saturated heterocycles. The van der Waals surface area contributed by atoms with Crippen LogP contribution in [-0.4, -0.2) is 29.9 Å². The number of aromatic nitrogens is 2. The summed E-state index contributed by atoms with van der Waals surface area (Å²) >= 11 is 0.788. The molecule has 0 aliphatic carbocycles. The van der Waals surface area contributed by atoms with Gasteiger partial charge in [0.25, 0.3) is 5.22 Å². The zero-order chi connectivity index (χ0) is 17.5. The maximum Gasteiger partial charge on any atom is 0.281 e. The average molecular weight is 346 g/mol. The number of aryl methyl sites for hydroxylation is 1. The van der Waals surface area contributed by atoms with Gasteiger partial charge in [0.05, 0.1) is 13.1 Å². The van der Waals surface area contributed by atoms with E-state index in [1.165, 1.54) is 13.2 Å². The zero-order valence-electron chi connectivity index (χ0n) is 12.8. The minimum absolute atomic E-state index is 0.101. The van der Waals surface area contributed by atoms with Gasteiger partial charge in [-0.05, 0) is 35.5 Å². The fraction of sp³-hybridized carbons (Fsp3) is 0.200. The summed E-state index contributed by atoms with van der Waals surface area (Å²) in [6, 6.07) is 6.64. The number of methoxy groups -OCH3 is 1. The second kappa shape index (κ2) is 8.03. The van der Waals surface area contributed by atoms with Crippen molar-refractivity contribution in [2.45, 2.75) is 12.1 Å². The summed E-state index contributed by atoms with van der Waals surface area (Å²) in [6.07, 6.45) is 1.39. The standard InChI is InChI=1S/C15H13N3O5S/c1-9-17-18-15(23-9)24-13(14(19)20)8-10-3-4-11(22-6-5-16)12(7-10)21-2/h3-4,7-8H,6H2,1-2H3,(H,19,20)/p-1/b13-8-. The van der Waals surface area contributed by atoms with E-state index in [2.05, 4.69) is 10.2 Å². The van der Waals surface area contributed by atoms with Gasteiger partial charge in [0, 0.05) is 11.8 Å². The van der Waals surface area contributed by atoms with Crippen molar-refractivity contribution in [2.75, 3.05) is 13.7 Å². The number of ether oxygens (including phenoxy) is 2. The van der Waals surface area contributed by atoms with Crippen LogP contribution < -0.4 is 14.6 Å². The molecule has 9 heteroatoms. The van der Waals surface area contributed by atoms with Gasteiger partial charge in [0.1, 0.15) is 6.07 Å². The van der Waals surface area contributed by atoms with Gasteiger partial charge in [0.15, 0.2) is 18.1 Å². The molecule has 8 nitrogen and oxygen atoms in total. The highest BCUT2D eigenvalue weighted by Gasteiger charge is 2.10. The quantitative estimate of drug-likeness (QED) is 0.537. The van der Waals surface area contributed by atoms with Crippen LogP contribution in [0.1, 0.15) is 11.5 Å². The van der Waals surface area contributed by atoms with Crippen LogP contribution in [0.3, 0.4) is 0 Å². The van der Waals surface area contributed by atoms with Crippen LogP contribution in [0.15, 0.2) is 32.7 Å². The molecule has 0 unspecified atom stereocenters. The van der Waals surface area contributed by atoms with Gasteiger partial charge >= 0.3 is 0 Å². The van der Waals surface area contributed by atoms with Crippen molar-refractivity contribution >= 4 is 23.8 Å². The first-order valence-corrected chi connectivity index (χ1v) is 7.44. The van der Waals surface area contributed by atoms with Crippen molar-refractivity contribution in [3.63, 3.8) is 0 Å². The number of carbonyl (C=O) groups is 1. The van der Waals surface area contributed by atoms with Crippen LogP contribution in [0.2, 0.25) is 0 Å². The lowest BCUT2D eigenvalue weighted by molar-refractivity contribution is -0.298. The van der Waals surface area contributed by atoms with Gasteiger partial charge in [-0.15, -0.1) is 10.2 Å². The first kappa shape index (κ1) is 17.4. The second-order valence-corrected chi connectivity index (χ2v) is 5.34. The summed E-state index contributed by atoms with van der Waals surface area (Å²) in [6.45, 7) is 1.48. The van der Waals surface area contributed by atoms with Crippen molar-refractivity contribution in [3.8, 4) is 17.6 Å². The van der Waals surface area contributed by atoms with Crippen LogP contribution in [0.4, 0.5) is 0 Å². The first-order chi connectivity index (χ1) is 11.5. The molecule has 1 heterocycles. The maximum atomic E-state index is 11.3. The predicted octanol–water partition coefficient (Wildman–Crippen LogP) is 1.17. The normalized spacial score (nSPS) is 11.0. The molecule has 0 aliphatic rings. The Balaban J connectivity index is 2.28. The van der Waals surface area contributed by atoms with Crippen molar-refractivity contribution in [2.24, 2.45) is 0 Å². The second-order valence-electron chi connectivity index (χ2n) is 4.34. The van der Waals surface area contributed by atoms with E-state index in [9.17, 15) is 9.90 Å². The number of hydrogen-bond acceptors (Lipinski definition) is 9. The first-order valence-electron chi connectivity index (χ1n) is 6.62. The predicted molar refractivity (Wildman–Crippen MR) is 82.0 cm³/mol. The minimum Gasteiger partial charge on any atom is -0.544 e. The third kappa shape index (κ3) is 4.50. The molecule has 2 rings (SSSR count). The van der Waals surface area contributed by atoms with Crippen molar-refractivity contribution in [3.05, 3.63) is 34.6 Å². The van der Waals surface area contributed by atoms with E-state index in [-0.39, 0.29) is 16.7 Å². The Morgan fingerprint density at radius 3 is 2.83 bits per heavy atom. The topological polar surface area (TPSA) is 121 Å². The van der Waals surface area contributed by atoms with Crippen LogP contribution in [0.5, 0.6) is 11.5 Å². The molecule has 0 spiro atoms. The SMILES string of the molecule is COc1cc(/C=C(\Sc2nnc(C)o2)C(=O)[O-])ccc1OCC#N. The molecule has 0 N–H and O–H groups in total. The number of thioether (sulfide) groups is 1. The van der Waals surface area contributed by atoms with E-state index >= 15 is 0 Å². The lowest BCUT2D eigenvalue weighted by atomic mass is 10.2. The van der Waals surface area contributed by atoms with E-state index in [0.717, 1.165) is 11.8 Å². The fourth-order valence-corrected chi connectivity index (χ4v) is 2.41. The number of hydrogen-bond donors (Lipinski definition) is 0. The molecule has 2 aromatic rings. The van der Waals surface area contributed by atoms with E-state index in [1.54, 1.807) is 25.1 Å². The van der Waals surface area contributed by atoms with Crippen molar-refractivity contribution < 1.29 is 23.8 Å². The van der Waals surface area contributed by atoms with Gasteiger partial charge in [0.2, 0.25) is 5.89 Å². The molecule has 0 atom stereocenters. The number of carboxylic acid groups (broad SMARTS) is 1. The molecule has 0 amide bonds. The fourth-order valence-electron chi connectivity index (χ4n) is 1.70. The molecule has 24 heavy (non-hydrogen) atoms. The van der Waals surface area contributed by atoms with Gasteiger partial charge in [-0.2, -0.15) is 5.26 Å². The molecular formula is C15H12N3O5S-. The Hall–Kier alpha value is -2.99. The largest absolute Gasteiger partial charge is 0.544 e. The summed E-state index contributed by atoms with van der Waals surface area (Å²) in [5.41, 5.74) is 0.541. The third-order valence-electron chi connectivity index (χ3n) is 2.68. The Morgan fingerprint density at radius 2 is 2.25 bits per heavy atom. The molecule has 124 valence electrons. The highest BCUT2D eigenvalue weighted by Crippen LogP contribution is 2.31. The summed E-state index contributed by atoms with van der Waals surface area (Å²) in [5, 5.41) is 27.3. The maximum absolute atomic E-state index is 11.3. The summed E-state index contributed by atoms with van der Waals surface area (Å²) in [5.74, 6) is -0.294. The summed E-state index contributed by atoms with van der Waals surface area (Å²) < 4.78 is 15.5. The molecular weight excluding hydrogens is 334 g/mol. The Labute approximate surface area is 141 Å². The Bertz CT molecular complexity index is 810. The Morgan fingerprint density at radius 1 is 1.46 bits per heavy atom. The van der Waals surface area contributed by atoms with E-state index < -0.39 is 5.97 Å². The van der Waals surface area contributed by atoms with Gasteiger partial charge in [-0.25, -0.2) is 0 Å². The third-order valence-corrected chi connectivity index (χ3v) is 3.53. The number of nitrogens with zero attached hydrogens (tertiary/aromatic N) is 3. The number of nitriles is 1. The Kier molecular flexibility index (Phi) is 5.81. The zero-order valence-corrected chi connectivity index (χ0v) is 13.6. The van der Waals surface area contributed by atoms with Gasteiger partial charge in [-0.1, -0.05) is 6.07 Å². The summed E-state index contributed by atoms with van der Waals surface area (Å²) in [7, 11) is 1.44. The highest BCUT2D eigenvalue weighted by molar-refractivity contribution is 8.03. The highest BCUT2D eigenvalue weighted by atomic mass is 32.2. The number of benzene rings is 1. The molecule has 0 radical (unpaired) electrons. The number of carbonyl (C=O) groups excluding carboxylic acids is 1. The van der Waals surface area contributed by atoms with Crippen LogP contribution in [0.25, 0.3) is 6.08 Å². The van der Waals surface area contributed by atoms with Crippen LogP contribution >= 0.6 is 11.8 Å². The van der Waals surface area contributed by atoms with Crippen molar-refractivity contribution in [1.82, 2.24) is 10.2 Å². The lowest BCUT2D eigenvalue weighted by Gasteiger charge is -2.10. The lowest BCUT2D eigenvalue weighted by Crippen LogP contribution is -2.23. The van der Waals surface area contributed by atoms with E-state index in [0.29, 0.717) is 23.0 Å². The smallest absolute Gasteiger partial charge is 0.281 e. The number of rotatable bonds is 7. The molecule has 0 fully saturated rings. The van der Waals surface area contributed by atoms with E-state index in [1.807, 2.05) is 6.07 Å². The van der Waals surface area contributed by atoms with E-state index in [4.69, 9.17) is 19.2 Å². The molecule has 0 saturated carbocycles. The molecule has 0 bridgehead atoms. The van der Waals surface area contributed by atoms with Crippen LogP contribution in [0, 0.1) is 18.3 Å². The monoisotopic (exact) mass is 346 g/mol. The molecule has 0 aliphatic heterocycles.